The van der Waals surface area contributed by atoms with Crippen LogP contribution in [-0.2, 0) is 17.5 Å². The number of hydrogen-bond donors (Lipinski definition) is 1. The Kier molecular flexibility index (Phi) is 7.02. The zero-order valence-electron chi connectivity index (χ0n) is 17.8. The molecule has 3 aromatic rings. The predicted octanol–water partition coefficient (Wildman–Crippen LogP) is 5.24. The number of hydrazone groups is 1. The molecule has 174 valence electrons. The molecular weight excluding hydrogens is 463 g/mol. The molecule has 1 fully saturated rings. The van der Waals surface area contributed by atoms with Crippen molar-refractivity contribution in [3.8, 4) is 0 Å². The number of halogens is 3. The Morgan fingerprint density at radius 2 is 1.71 bits per heavy atom. The quantitative estimate of drug-likeness (QED) is 0.385. The van der Waals surface area contributed by atoms with Crippen molar-refractivity contribution in [2.24, 2.45) is 5.10 Å². The highest BCUT2D eigenvalue weighted by molar-refractivity contribution is 8.00. The number of amides is 2. The van der Waals surface area contributed by atoms with Gasteiger partial charge in [0, 0.05) is 17.7 Å². The highest BCUT2D eigenvalue weighted by Crippen LogP contribution is 2.39. The number of carbonyl (C=O) groups excluding carboxylic acids is 2. The number of benzene rings is 3. The van der Waals surface area contributed by atoms with Gasteiger partial charge >= 0.3 is 6.18 Å². The van der Waals surface area contributed by atoms with Gasteiger partial charge in [0.15, 0.2) is 0 Å². The third-order valence-electron chi connectivity index (χ3n) is 5.26. The fourth-order valence-corrected chi connectivity index (χ4v) is 4.76. The Balaban J connectivity index is 1.42. The lowest BCUT2D eigenvalue weighted by Gasteiger charge is -2.24. The third-order valence-corrected chi connectivity index (χ3v) is 6.51. The summed E-state index contributed by atoms with van der Waals surface area (Å²) in [4.78, 5) is 26.6. The highest BCUT2D eigenvalue weighted by atomic mass is 32.2. The summed E-state index contributed by atoms with van der Waals surface area (Å²) in [7, 11) is 0. The first-order chi connectivity index (χ1) is 16.3. The molecule has 0 spiro atoms. The van der Waals surface area contributed by atoms with E-state index in [2.05, 4.69) is 10.5 Å². The van der Waals surface area contributed by atoms with Crippen molar-refractivity contribution in [3.63, 3.8) is 0 Å². The van der Waals surface area contributed by atoms with Crippen molar-refractivity contribution in [3.05, 3.63) is 107 Å². The first-order valence-corrected chi connectivity index (χ1v) is 11.4. The zero-order valence-corrected chi connectivity index (χ0v) is 18.6. The molecule has 5 nitrogen and oxygen atoms in total. The van der Waals surface area contributed by atoms with E-state index in [4.69, 9.17) is 0 Å². The van der Waals surface area contributed by atoms with E-state index in [0.29, 0.717) is 17.9 Å². The minimum atomic E-state index is -4.52. The van der Waals surface area contributed by atoms with E-state index in [1.807, 2.05) is 30.3 Å². The van der Waals surface area contributed by atoms with Crippen molar-refractivity contribution in [1.82, 2.24) is 10.3 Å². The number of rotatable bonds is 6. The molecule has 1 saturated heterocycles. The van der Waals surface area contributed by atoms with Crippen LogP contribution in [0, 0.1) is 0 Å². The van der Waals surface area contributed by atoms with Crippen LogP contribution in [0.15, 0.2) is 84.0 Å². The number of nitrogens with one attached hydrogen (secondary N) is 1. The van der Waals surface area contributed by atoms with Crippen LogP contribution in [0.4, 0.5) is 13.2 Å². The Morgan fingerprint density at radius 1 is 1.03 bits per heavy atom. The molecule has 0 aromatic heterocycles. The molecule has 1 aliphatic heterocycles. The van der Waals surface area contributed by atoms with Gasteiger partial charge in [0.1, 0.15) is 5.37 Å². The Bertz CT molecular complexity index is 1200. The van der Waals surface area contributed by atoms with Crippen LogP contribution in [0.1, 0.15) is 38.0 Å². The minimum Gasteiger partial charge on any atom is -0.322 e. The summed E-state index contributed by atoms with van der Waals surface area (Å²) >= 11 is 1.52. The van der Waals surface area contributed by atoms with E-state index in [-0.39, 0.29) is 16.8 Å². The largest absolute Gasteiger partial charge is 0.417 e. The Hall–Kier alpha value is -3.59. The number of nitrogens with zero attached hydrogens (tertiary/aromatic N) is 2. The van der Waals surface area contributed by atoms with Crippen LogP contribution < -0.4 is 5.43 Å². The Labute approximate surface area is 198 Å². The number of carbonyl (C=O) groups is 2. The maximum absolute atomic E-state index is 13.1. The lowest BCUT2D eigenvalue weighted by molar-refractivity contribution is -0.137. The molecule has 0 aliphatic carbocycles. The minimum absolute atomic E-state index is 0.0501. The average molecular weight is 484 g/mol. The normalized spacial score (nSPS) is 16.3. The predicted molar refractivity (Wildman–Crippen MR) is 125 cm³/mol. The van der Waals surface area contributed by atoms with Crippen LogP contribution >= 0.6 is 11.8 Å². The second-order valence-corrected chi connectivity index (χ2v) is 8.65. The van der Waals surface area contributed by atoms with Crippen LogP contribution in [0.25, 0.3) is 0 Å². The molecule has 34 heavy (non-hydrogen) atoms. The summed E-state index contributed by atoms with van der Waals surface area (Å²) in [5, 5.41) is 3.51. The van der Waals surface area contributed by atoms with Crippen molar-refractivity contribution in [2.45, 2.75) is 18.1 Å². The van der Waals surface area contributed by atoms with Gasteiger partial charge < -0.3 is 4.90 Å². The standard InChI is InChI=1S/C25H20F3N3O2S/c26-25(27,28)21-9-5-4-8-20(21)14-29-30-23(33)18-10-12-19(13-11-18)24-31(22(32)16-34-24)15-17-6-2-1-3-7-17/h1-14,24H,15-16H2,(H,30,33)/b29-14-/t24-/m1/s1. The van der Waals surface area contributed by atoms with E-state index in [0.717, 1.165) is 23.4 Å². The van der Waals surface area contributed by atoms with Gasteiger partial charge in [0.2, 0.25) is 5.91 Å². The monoisotopic (exact) mass is 483 g/mol. The summed E-state index contributed by atoms with van der Waals surface area (Å²) in [6.07, 6.45) is -3.55. The van der Waals surface area contributed by atoms with E-state index in [9.17, 15) is 22.8 Å². The number of thioether (sulfide) groups is 1. The second kappa shape index (κ2) is 10.1. The van der Waals surface area contributed by atoms with Crippen molar-refractivity contribution in [1.29, 1.82) is 0 Å². The maximum Gasteiger partial charge on any atom is 0.417 e. The Morgan fingerprint density at radius 3 is 2.41 bits per heavy atom. The van der Waals surface area contributed by atoms with Gasteiger partial charge in [-0.25, -0.2) is 5.43 Å². The van der Waals surface area contributed by atoms with Crippen LogP contribution in [0.5, 0.6) is 0 Å². The molecule has 2 amide bonds. The van der Waals surface area contributed by atoms with Crippen LogP contribution in [0.3, 0.4) is 0 Å². The highest BCUT2D eigenvalue weighted by Gasteiger charge is 2.33. The molecule has 4 rings (SSSR count). The van der Waals surface area contributed by atoms with Crippen molar-refractivity contribution in [2.75, 3.05) is 5.75 Å². The van der Waals surface area contributed by atoms with Gasteiger partial charge in [0.25, 0.3) is 5.91 Å². The second-order valence-electron chi connectivity index (χ2n) is 7.58. The fourth-order valence-electron chi connectivity index (χ4n) is 3.57. The van der Waals surface area contributed by atoms with Gasteiger partial charge in [-0.2, -0.15) is 18.3 Å². The maximum atomic E-state index is 13.1. The first-order valence-electron chi connectivity index (χ1n) is 10.4. The van der Waals surface area contributed by atoms with Crippen LogP contribution in [0.2, 0.25) is 0 Å². The molecule has 3 aromatic carbocycles. The van der Waals surface area contributed by atoms with E-state index in [1.165, 1.54) is 30.0 Å². The van der Waals surface area contributed by atoms with Gasteiger partial charge in [0.05, 0.1) is 17.5 Å². The summed E-state index contributed by atoms with van der Waals surface area (Å²) in [5.74, 6) is -0.119. The van der Waals surface area contributed by atoms with E-state index >= 15 is 0 Å². The molecule has 0 unspecified atom stereocenters. The summed E-state index contributed by atoms with van der Waals surface area (Å²) < 4.78 is 39.2. The van der Waals surface area contributed by atoms with Crippen LogP contribution in [-0.4, -0.2) is 28.7 Å². The lowest BCUT2D eigenvalue weighted by atomic mass is 10.1. The summed E-state index contributed by atoms with van der Waals surface area (Å²) in [5.41, 5.74) is 3.49. The molecule has 9 heteroatoms. The molecular formula is C25H20F3N3O2S. The first kappa shape index (κ1) is 23.6. The van der Waals surface area contributed by atoms with Crippen molar-refractivity contribution >= 4 is 29.8 Å². The van der Waals surface area contributed by atoms with Crippen molar-refractivity contribution < 1.29 is 22.8 Å². The molecule has 0 bridgehead atoms. The average Bonchev–Trinajstić information content (AvgIpc) is 3.19. The topological polar surface area (TPSA) is 61.8 Å². The summed E-state index contributed by atoms with van der Waals surface area (Å²) in [6.45, 7) is 0.494. The molecule has 1 heterocycles. The molecule has 1 atom stereocenters. The fraction of sp³-hybridized carbons (Fsp3) is 0.160. The SMILES string of the molecule is O=C(N/N=C\c1ccccc1C(F)(F)F)c1ccc([C@H]2SCC(=O)N2Cc2ccccc2)cc1. The lowest BCUT2D eigenvalue weighted by Crippen LogP contribution is -2.27. The summed E-state index contributed by atoms with van der Waals surface area (Å²) in [6, 6.07) is 21.4. The molecule has 0 saturated carbocycles. The van der Waals surface area contributed by atoms with Gasteiger partial charge in [-0.1, -0.05) is 60.7 Å². The molecule has 1 aliphatic rings. The number of alkyl halides is 3. The number of hydrogen-bond acceptors (Lipinski definition) is 4. The van der Waals surface area contributed by atoms with E-state index in [1.54, 1.807) is 29.2 Å². The van der Waals surface area contributed by atoms with Gasteiger partial charge in [-0.05, 0) is 29.3 Å². The van der Waals surface area contributed by atoms with E-state index < -0.39 is 17.6 Å². The smallest absolute Gasteiger partial charge is 0.322 e. The molecule has 1 N–H and O–H groups in total. The zero-order chi connectivity index (χ0) is 24.1. The van der Waals surface area contributed by atoms with Gasteiger partial charge in [-0.15, -0.1) is 11.8 Å². The van der Waals surface area contributed by atoms with Gasteiger partial charge in [-0.3, -0.25) is 9.59 Å². The molecule has 0 radical (unpaired) electrons. The third kappa shape index (κ3) is 5.48.